The summed E-state index contributed by atoms with van der Waals surface area (Å²) in [5.74, 6) is -1.47. The van der Waals surface area contributed by atoms with E-state index >= 15 is 0 Å². The molecule has 0 aliphatic rings. The zero-order valence-corrected chi connectivity index (χ0v) is 11.9. The Balaban J connectivity index is 2.18. The third-order valence-corrected chi connectivity index (χ3v) is 3.51. The summed E-state index contributed by atoms with van der Waals surface area (Å²) < 4.78 is 41.2. The van der Waals surface area contributed by atoms with Crippen molar-refractivity contribution in [2.24, 2.45) is 5.92 Å². The van der Waals surface area contributed by atoms with Crippen LogP contribution in [0.1, 0.15) is 11.1 Å². The van der Waals surface area contributed by atoms with Crippen LogP contribution >= 0.6 is 0 Å². The highest BCUT2D eigenvalue weighted by Crippen LogP contribution is 2.20. The summed E-state index contributed by atoms with van der Waals surface area (Å²) in [6.07, 6.45) is 0.662. The third kappa shape index (κ3) is 4.08. The number of rotatable bonds is 6. The number of halogens is 3. The van der Waals surface area contributed by atoms with Crippen LogP contribution in [-0.2, 0) is 12.8 Å². The second kappa shape index (κ2) is 7.27. The first kappa shape index (κ1) is 15.6. The highest BCUT2D eigenvalue weighted by atomic mass is 19.1. The van der Waals surface area contributed by atoms with E-state index in [1.54, 1.807) is 25.2 Å². The van der Waals surface area contributed by atoms with Crippen molar-refractivity contribution in [1.29, 1.82) is 0 Å². The molecule has 0 fully saturated rings. The molecule has 0 bridgehead atoms. The van der Waals surface area contributed by atoms with Gasteiger partial charge in [-0.3, -0.25) is 0 Å². The lowest BCUT2D eigenvalue weighted by molar-refractivity contribution is 0.454. The summed E-state index contributed by atoms with van der Waals surface area (Å²) in [6, 6.07) is 10.3. The number of hydrogen-bond acceptors (Lipinski definition) is 1. The SMILES string of the molecule is CNCC(Cc1ccccc1F)Cc1c(F)cccc1F. The molecule has 1 atom stereocenters. The van der Waals surface area contributed by atoms with E-state index in [-0.39, 0.29) is 23.7 Å². The highest BCUT2D eigenvalue weighted by molar-refractivity contribution is 5.22. The van der Waals surface area contributed by atoms with Crippen molar-refractivity contribution in [2.45, 2.75) is 12.8 Å². The van der Waals surface area contributed by atoms with Gasteiger partial charge in [0.1, 0.15) is 17.5 Å². The molecule has 0 aliphatic carbocycles. The first-order chi connectivity index (χ1) is 10.1. The van der Waals surface area contributed by atoms with E-state index in [4.69, 9.17) is 0 Å². The van der Waals surface area contributed by atoms with Crippen LogP contribution in [-0.4, -0.2) is 13.6 Å². The molecule has 1 unspecified atom stereocenters. The van der Waals surface area contributed by atoms with Crippen LogP contribution in [0.25, 0.3) is 0 Å². The lowest BCUT2D eigenvalue weighted by Gasteiger charge is -2.18. The van der Waals surface area contributed by atoms with Gasteiger partial charge in [-0.2, -0.15) is 0 Å². The van der Waals surface area contributed by atoms with Gasteiger partial charge in [0.25, 0.3) is 0 Å². The summed E-state index contributed by atoms with van der Waals surface area (Å²) in [6.45, 7) is 0.558. The van der Waals surface area contributed by atoms with E-state index in [0.717, 1.165) is 0 Å². The molecule has 2 aromatic rings. The van der Waals surface area contributed by atoms with E-state index in [9.17, 15) is 13.2 Å². The van der Waals surface area contributed by atoms with Crippen LogP contribution in [0, 0.1) is 23.4 Å². The van der Waals surface area contributed by atoms with Crippen molar-refractivity contribution in [2.75, 3.05) is 13.6 Å². The maximum atomic E-state index is 13.7. The fourth-order valence-corrected chi connectivity index (χ4v) is 2.50. The van der Waals surface area contributed by atoms with E-state index in [0.29, 0.717) is 18.5 Å². The lowest BCUT2D eigenvalue weighted by Crippen LogP contribution is -2.24. The van der Waals surface area contributed by atoms with Gasteiger partial charge in [0.15, 0.2) is 0 Å². The van der Waals surface area contributed by atoms with E-state index in [2.05, 4.69) is 5.32 Å². The standard InChI is InChI=1S/C17H18F3N/c1-21-11-12(9-13-5-2-3-6-15(13)18)10-14-16(19)7-4-8-17(14)20/h2-8,12,21H,9-11H2,1H3. The lowest BCUT2D eigenvalue weighted by atomic mass is 9.91. The molecule has 0 spiro atoms. The third-order valence-electron chi connectivity index (χ3n) is 3.51. The molecule has 0 radical (unpaired) electrons. The largest absolute Gasteiger partial charge is 0.319 e. The van der Waals surface area contributed by atoms with Gasteiger partial charge in [-0.15, -0.1) is 0 Å². The minimum Gasteiger partial charge on any atom is -0.319 e. The maximum Gasteiger partial charge on any atom is 0.129 e. The van der Waals surface area contributed by atoms with Gasteiger partial charge in [-0.25, -0.2) is 13.2 Å². The second-order valence-electron chi connectivity index (χ2n) is 5.12. The maximum absolute atomic E-state index is 13.7. The van der Waals surface area contributed by atoms with Gasteiger partial charge in [0.2, 0.25) is 0 Å². The molecule has 0 saturated carbocycles. The Labute approximate surface area is 122 Å². The van der Waals surface area contributed by atoms with Crippen molar-refractivity contribution < 1.29 is 13.2 Å². The van der Waals surface area contributed by atoms with Crippen LogP contribution in [0.15, 0.2) is 42.5 Å². The normalized spacial score (nSPS) is 12.4. The molecule has 1 N–H and O–H groups in total. The van der Waals surface area contributed by atoms with Crippen molar-refractivity contribution >= 4 is 0 Å². The molecular weight excluding hydrogens is 275 g/mol. The monoisotopic (exact) mass is 293 g/mol. The fourth-order valence-electron chi connectivity index (χ4n) is 2.50. The van der Waals surface area contributed by atoms with E-state index in [1.807, 2.05) is 0 Å². The van der Waals surface area contributed by atoms with Crippen molar-refractivity contribution in [3.05, 3.63) is 71.0 Å². The Hall–Kier alpha value is -1.81. The van der Waals surface area contributed by atoms with Gasteiger partial charge in [0, 0.05) is 5.56 Å². The van der Waals surface area contributed by atoms with Crippen LogP contribution < -0.4 is 5.32 Å². The average molecular weight is 293 g/mol. The molecule has 0 aromatic heterocycles. The van der Waals surface area contributed by atoms with Crippen molar-refractivity contribution in [1.82, 2.24) is 5.32 Å². The van der Waals surface area contributed by atoms with Crippen LogP contribution in [0.4, 0.5) is 13.2 Å². The predicted molar refractivity (Wildman–Crippen MR) is 77.6 cm³/mol. The Morgan fingerprint density at radius 1 is 0.857 bits per heavy atom. The van der Waals surface area contributed by atoms with Crippen LogP contribution in [0.5, 0.6) is 0 Å². The number of benzene rings is 2. The fraction of sp³-hybridized carbons (Fsp3) is 0.294. The zero-order valence-electron chi connectivity index (χ0n) is 11.9. The first-order valence-electron chi connectivity index (χ1n) is 6.92. The number of hydrogen-bond donors (Lipinski definition) is 1. The predicted octanol–water partition coefficient (Wildman–Crippen LogP) is 3.72. The summed E-state index contributed by atoms with van der Waals surface area (Å²) >= 11 is 0. The topological polar surface area (TPSA) is 12.0 Å². The van der Waals surface area contributed by atoms with Crippen molar-refractivity contribution in [3.63, 3.8) is 0 Å². The molecule has 1 nitrogen and oxygen atoms in total. The average Bonchev–Trinajstić information content (AvgIpc) is 2.45. The van der Waals surface area contributed by atoms with Gasteiger partial charge in [-0.1, -0.05) is 24.3 Å². The van der Waals surface area contributed by atoms with Gasteiger partial charge >= 0.3 is 0 Å². The van der Waals surface area contributed by atoms with Gasteiger partial charge in [0.05, 0.1) is 0 Å². The molecule has 0 aliphatic heterocycles. The Kier molecular flexibility index (Phi) is 5.39. The summed E-state index contributed by atoms with van der Waals surface area (Å²) in [4.78, 5) is 0. The zero-order chi connectivity index (χ0) is 15.2. The molecule has 2 rings (SSSR count). The van der Waals surface area contributed by atoms with Crippen molar-refractivity contribution in [3.8, 4) is 0 Å². The molecule has 2 aromatic carbocycles. The Bertz CT molecular complexity index is 578. The summed E-state index contributed by atoms with van der Waals surface area (Å²) in [5.41, 5.74) is 0.628. The molecule has 0 heterocycles. The molecule has 4 heteroatoms. The van der Waals surface area contributed by atoms with Crippen LogP contribution in [0.3, 0.4) is 0 Å². The summed E-state index contributed by atoms with van der Waals surface area (Å²) in [5, 5.41) is 3.00. The Morgan fingerprint density at radius 3 is 2.10 bits per heavy atom. The quantitative estimate of drug-likeness (QED) is 0.856. The molecular formula is C17H18F3N. The highest BCUT2D eigenvalue weighted by Gasteiger charge is 2.17. The number of nitrogens with one attached hydrogen (secondary N) is 1. The van der Waals surface area contributed by atoms with Gasteiger partial charge in [-0.05, 0) is 56.1 Å². The Morgan fingerprint density at radius 2 is 1.48 bits per heavy atom. The van der Waals surface area contributed by atoms with E-state index in [1.165, 1.54) is 24.3 Å². The summed E-state index contributed by atoms with van der Waals surface area (Å²) in [7, 11) is 1.77. The first-order valence-corrected chi connectivity index (χ1v) is 6.92. The molecule has 112 valence electrons. The molecule has 0 amide bonds. The minimum absolute atomic E-state index is 0.0640. The van der Waals surface area contributed by atoms with E-state index < -0.39 is 11.6 Å². The van der Waals surface area contributed by atoms with Gasteiger partial charge < -0.3 is 5.32 Å². The molecule has 0 saturated heterocycles. The smallest absolute Gasteiger partial charge is 0.129 e. The molecule has 21 heavy (non-hydrogen) atoms. The van der Waals surface area contributed by atoms with Crippen LogP contribution in [0.2, 0.25) is 0 Å². The second-order valence-corrected chi connectivity index (χ2v) is 5.12. The minimum atomic E-state index is -0.551.